The van der Waals surface area contributed by atoms with Crippen LogP contribution in [0.15, 0.2) is 42.9 Å². The molecule has 7 nitrogen and oxygen atoms in total. The van der Waals surface area contributed by atoms with Gasteiger partial charge in [-0.2, -0.15) is 10.1 Å². The molecule has 1 fully saturated rings. The fourth-order valence-electron chi connectivity index (χ4n) is 4.27. The van der Waals surface area contributed by atoms with Crippen molar-refractivity contribution < 1.29 is 13.9 Å². The number of aromatic hydroxyl groups is 1. The molecule has 4 heterocycles. The summed E-state index contributed by atoms with van der Waals surface area (Å²) in [4.78, 5) is 14.7. The molecular weight excluding hydrogens is 390 g/mol. The molecular formula is C21H20F2N6O. The summed E-state index contributed by atoms with van der Waals surface area (Å²) in [6, 6.07) is 8.56. The van der Waals surface area contributed by atoms with Gasteiger partial charge in [0, 0.05) is 30.6 Å². The molecule has 5 rings (SSSR count). The molecule has 0 saturated carbocycles. The van der Waals surface area contributed by atoms with Gasteiger partial charge in [0.15, 0.2) is 0 Å². The molecule has 0 amide bonds. The predicted molar refractivity (Wildman–Crippen MR) is 108 cm³/mol. The SMILES string of the molecule is C[C@@H]1CCN(c2nccc3ccc(O)cc23)CC1c1cc(C(F)F)nc2ncnn12. The minimum Gasteiger partial charge on any atom is -0.508 e. The Kier molecular flexibility index (Phi) is 4.45. The molecule has 2 atom stereocenters. The Labute approximate surface area is 171 Å². The van der Waals surface area contributed by atoms with Crippen LogP contribution in [-0.2, 0) is 0 Å². The average molecular weight is 410 g/mol. The minimum absolute atomic E-state index is 0.0576. The second-order valence-electron chi connectivity index (χ2n) is 7.74. The van der Waals surface area contributed by atoms with Gasteiger partial charge >= 0.3 is 0 Å². The lowest BCUT2D eigenvalue weighted by atomic mass is 9.84. The first-order valence-corrected chi connectivity index (χ1v) is 9.82. The molecule has 1 unspecified atom stereocenters. The monoisotopic (exact) mass is 410 g/mol. The summed E-state index contributed by atoms with van der Waals surface area (Å²) in [6.07, 6.45) is 1.27. The van der Waals surface area contributed by atoms with Crippen molar-refractivity contribution in [1.82, 2.24) is 24.6 Å². The number of halogens is 2. The molecule has 30 heavy (non-hydrogen) atoms. The fourth-order valence-corrected chi connectivity index (χ4v) is 4.27. The molecule has 0 spiro atoms. The number of phenols is 1. The van der Waals surface area contributed by atoms with Crippen molar-refractivity contribution in [3.05, 3.63) is 54.2 Å². The number of piperidine rings is 1. The zero-order valence-electron chi connectivity index (χ0n) is 16.3. The van der Waals surface area contributed by atoms with E-state index in [4.69, 9.17) is 0 Å². The number of benzene rings is 1. The molecule has 3 aromatic heterocycles. The van der Waals surface area contributed by atoms with Gasteiger partial charge in [-0.25, -0.2) is 23.3 Å². The van der Waals surface area contributed by atoms with Crippen molar-refractivity contribution in [1.29, 1.82) is 0 Å². The predicted octanol–water partition coefficient (Wildman–Crippen LogP) is 3.95. The third-order valence-corrected chi connectivity index (χ3v) is 5.89. The van der Waals surface area contributed by atoms with Crippen molar-refractivity contribution in [2.24, 2.45) is 5.92 Å². The van der Waals surface area contributed by atoms with Crippen LogP contribution < -0.4 is 4.90 Å². The molecule has 1 N–H and O–H groups in total. The Morgan fingerprint density at radius 1 is 1.17 bits per heavy atom. The Morgan fingerprint density at radius 3 is 2.87 bits per heavy atom. The first-order chi connectivity index (χ1) is 14.5. The zero-order chi connectivity index (χ0) is 20.8. The van der Waals surface area contributed by atoms with E-state index >= 15 is 0 Å². The average Bonchev–Trinajstić information content (AvgIpc) is 3.22. The summed E-state index contributed by atoms with van der Waals surface area (Å²) in [5.41, 5.74) is 0.385. The molecule has 4 aromatic rings. The highest BCUT2D eigenvalue weighted by Crippen LogP contribution is 2.37. The number of rotatable bonds is 3. The van der Waals surface area contributed by atoms with Crippen molar-refractivity contribution in [3.8, 4) is 5.75 Å². The summed E-state index contributed by atoms with van der Waals surface area (Å²) >= 11 is 0. The maximum atomic E-state index is 13.4. The van der Waals surface area contributed by atoms with Gasteiger partial charge in [0.25, 0.3) is 12.2 Å². The lowest BCUT2D eigenvalue weighted by Crippen LogP contribution is -2.39. The van der Waals surface area contributed by atoms with E-state index in [1.54, 1.807) is 22.8 Å². The molecule has 9 heteroatoms. The second-order valence-corrected chi connectivity index (χ2v) is 7.74. The van der Waals surface area contributed by atoms with Gasteiger partial charge in [-0.15, -0.1) is 0 Å². The van der Waals surface area contributed by atoms with Crippen molar-refractivity contribution in [2.45, 2.75) is 25.7 Å². The quantitative estimate of drug-likeness (QED) is 0.551. The van der Waals surface area contributed by atoms with Crippen LogP contribution in [0.3, 0.4) is 0 Å². The number of hydrogen-bond acceptors (Lipinski definition) is 6. The first-order valence-electron chi connectivity index (χ1n) is 9.82. The number of phenolic OH excluding ortho intramolecular Hbond substituents is 1. The number of aromatic nitrogens is 5. The maximum Gasteiger partial charge on any atom is 0.280 e. The van der Waals surface area contributed by atoms with Gasteiger partial charge in [-0.1, -0.05) is 13.0 Å². The number of nitrogens with zero attached hydrogens (tertiary/aromatic N) is 6. The fraction of sp³-hybridized carbons (Fsp3) is 0.333. The number of alkyl halides is 2. The smallest absolute Gasteiger partial charge is 0.280 e. The van der Waals surface area contributed by atoms with Gasteiger partial charge in [0.1, 0.15) is 23.6 Å². The summed E-state index contributed by atoms with van der Waals surface area (Å²) in [5.74, 6) is 1.33. The standard InChI is InChI=1S/C21H20F2N6O/c1-12-5-7-28(20-15-8-14(30)3-2-13(15)4-6-24-20)10-16(12)18-9-17(19(22)23)27-21-25-11-26-29(18)21/h2-4,6,8-9,11-12,16,19,30H,5,7,10H2,1H3/t12-,16?/m1/s1. The molecule has 0 radical (unpaired) electrons. The number of anilines is 1. The number of fused-ring (bicyclic) bond motifs is 2. The summed E-state index contributed by atoms with van der Waals surface area (Å²) in [6.45, 7) is 3.49. The largest absolute Gasteiger partial charge is 0.508 e. The maximum absolute atomic E-state index is 13.4. The Balaban J connectivity index is 1.58. The topological polar surface area (TPSA) is 79.4 Å². The summed E-state index contributed by atoms with van der Waals surface area (Å²) in [7, 11) is 0. The zero-order valence-corrected chi connectivity index (χ0v) is 16.3. The van der Waals surface area contributed by atoms with Gasteiger partial charge in [-0.05, 0) is 42.0 Å². The lowest BCUT2D eigenvalue weighted by Gasteiger charge is -2.38. The van der Waals surface area contributed by atoms with E-state index in [9.17, 15) is 13.9 Å². The number of hydrogen-bond donors (Lipinski definition) is 1. The van der Waals surface area contributed by atoms with Crippen molar-refractivity contribution >= 4 is 22.4 Å². The molecule has 0 aliphatic carbocycles. The van der Waals surface area contributed by atoms with E-state index in [2.05, 4.69) is 31.9 Å². The highest BCUT2D eigenvalue weighted by atomic mass is 19.3. The Bertz CT molecular complexity index is 1230. The third kappa shape index (κ3) is 3.10. The van der Waals surface area contributed by atoms with Crippen LogP contribution >= 0.6 is 0 Å². The van der Waals surface area contributed by atoms with Crippen molar-refractivity contribution in [3.63, 3.8) is 0 Å². The molecule has 154 valence electrons. The van der Waals surface area contributed by atoms with Crippen LogP contribution in [0.25, 0.3) is 16.6 Å². The molecule has 1 aliphatic rings. The van der Waals surface area contributed by atoms with E-state index in [-0.39, 0.29) is 29.1 Å². The summed E-state index contributed by atoms with van der Waals surface area (Å²) in [5, 5.41) is 16.0. The van der Waals surface area contributed by atoms with E-state index in [1.165, 1.54) is 12.4 Å². The first kappa shape index (κ1) is 18.7. The number of pyridine rings is 1. The Hall–Kier alpha value is -3.36. The second kappa shape index (κ2) is 7.16. The van der Waals surface area contributed by atoms with Gasteiger partial charge in [0.2, 0.25) is 0 Å². The van der Waals surface area contributed by atoms with Crippen LogP contribution in [0.1, 0.15) is 37.1 Å². The lowest BCUT2D eigenvalue weighted by molar-refractivity contribution is 0.146. The van der Waals surface area contributed by atoms with E-state index in [1.807, 2.05) is 12.1 Å². The third-order valence-electron chi connectivity index (χ3n) is 5.89. The van der Waals surface area contributed by atoms with Gasteiger partial charge < -0.3 is 10.0 Å². The highest BCUT2D eigenvalue weighted by molar-refractivity contribution is 5.93. The van der Waals surface area contributed by atoms with Crippen LogP contribution in [0.2, 0.25) is 0 Å². The van der Waals surface area contributed by atoms with Crippen LogP contribution in [0, 0.1) is 5.92 Å². The van der Waals surface area contributed by atoms with Crippen LogP contribution in [-0.4, -0.2) is 42.8 Å². The van der Waals surface area contributed by atoms with Crippen LogP contribution in [0.4, 0.5) is 14.6 Å². The van der Waals surface area contributed by atoms with E-state index < -0.39 is 6.43 Å². The van der Waals surface area contributed by atoms with Gasteiger partial charge in [0.05, 0.1) is 5.69 Å². The molecule has 1 aromatic carbocycles. The van der Waals surface area contributed by atoms with Crippen molar-refractivity contribution in [2.75, 3.05) is 18.0 Å². The molecule has 0 bridgehead atoms. The highest BCUT2D eigenvalue weighted by Gasteiger charge is 2.32. The molecule has 1 aliphatic heterocycles. The Morgan fingerprint density at radius 2 is 2.03 bits per heavy atom. The normalized spacial score (nSPS) is 19.8. The molecule has 1 saturated heterocycles. The van der Waals surface area contributed by atoms with E-state index in [0.717, 1.165) is 29.6 Å². The van der Waals surface area contributed by atoms with E-state index in [0.29, 0.717) is 12.2 Å². The minimum atomic E-state index is -2.68. The van der Waals surface area contributed by atoms with Gasteiger partial charge in [-0.3, -0.25) is 0 Å². The summed E-state index contributed by atoms with van der Waals surface area (Å²) < 4.78 is 28.4. The van der Waals surface area contributed by atoms with Crippen LogP contribution in [0.5, 0.6) is 5.75 Å².